The predicted octanol–water partition coefficient (Wildman–Crippen LogP) is 8.59. The van der Waals surface area contributed by atoms with Crippen LogP contribution < -0.4 is 35.5 Å². The highest BCUT2D eigenvalue weighted by molar-refractivity contribution is 5.50. The van der Waals surface area contributed by atoms with E-state index in [1.165, 1.54) is 83.5 Å². The highest BCUT2D eigenvalue weighted by atomic mass is 16.5. The third-order valence-electron chi connectivity index (χ3n) is 15.6. The first-order valence-electron chi connectivity index (χ1n) is 22.9. The second-order valence-corrected chi connectivity index (χ2v) is 19.4. The summed E-state index contributed by atoms with van der Waals surface area (Å²) in [7, 11) is 4.99. The minimum absolute atomic E-state index is 0.0934. The van der Waals surface area contributed by atoms with E-state index in [9.17, 15) is 5.11 Å². The van der Waals surface area contributed by atoms with Gasteiger partial charge in [-0.1, -0.05) is 53.9 Å². The van der Waals surface area contributed by atoms with Gasteiger partial charge in [0.1, 0.15) is 5.75 Å². The average molecular weight is 769 g/mol. The molecule has 5 N–H and O–H groups in total. The minimum Gasteiger partial charge on any atom is -0.496 e. The van der Waals surface area contributed by atoms with Gasteiger partial charge >= 0.3 is 0 Å². The summed E-state index contributed by atoms with van der Waals surface area (Å²) in [6.45, 7) is 19.7. The lowest BCUT2D eigenvalue weighted by molar-refractivity contribution is -0.167. The van der Waals surface area contributed by atoms with Gasteiger partial charge in [-0.05, 0) is 175 Å². The van der Waals surface area contributed by atoms with E-state index in [-0.39, 0.29) is 6.10 Å². The van der Waals surface area contributed by atoms with Crippen LogP contribution in [-0.2, 0) is 6.54 Å². The smallest absolute Gasteiger partial charge is 0.164 e. The number of methoxy groups -OCH3 is 3. The van der Waals surface area contributed by atoms with Crippen molar-refractivity contribution in [2.75, 3.05) is 60.6 Å². The summed E-state index contributed by atoms with van der Waals surface area (Å²) in [5.74, 6) is 7.37. The van der Waals surface area contributed by atoms with Crippen molar-refractivity contribution in [2.45, 2.75) is 150 Å². The lowest BCUT2D eigenvalue weighted by Crippen LogP contribution is -2.59. The van der Waals surface area contributed by atoms with E-state index < -0.39 is 0 Å². The van der Waals surface area contributed by atoms with Crippen molar-refractivity contribution < 1.29 is 19.3 Å². The van der Waals surface area contributed by atoms with Crippen LogP contribution in [-0.4, -0.2) is 77.9 Å². The Labute approximate surface area is 337 Å². The number of aliphatic hydroxyl groups excluding tert-OH is 1. The summed E-state index contributed by atoms with van der Waals surface area (Å²) in [6, 6.07) is 4.49. The number of unbranched alkanes of at least 4 members (excludes halogenated alkanes) is 1. The van der Waals surface area contributed by atoms with Crippen molar-refractivity contribution in [1.29, 1.82) is 0 Å². The third kappa shape index (κ3) is 11.1. The maximum atomic E-state index is 11.9. The summed E-state index contributed by atoms with van der Waals surface area (Å²) in [4.78, 5) is 0. The van der Waals surface area contributed by atoms with Gasteiger partial charge in [0.15, 0.2) is 11.5 Å². The molecule has 4 saturated carbocycles. The second-order valence-electron chi connectivity index (χ2n) is 19.4. The average Bonchev–Trinajstić information content (AvgIpc) is 3.53. The van der Waals surface area contributed by atoms with Crippen LogP contribution in [0.3, 0.4) is 0 Å². The Kier molecular flexibility index (Phi) is 17.3. The molecule has 0 aromatic heterocycles. The molecule has 5 rings (SSSR count). The van der Waals surface area contributed by atoms with Gasteiger partial charge in [0.05, 0.1) is 27.4 Å². The van der Waals surface area contributed by atoms with E-state index in [1.54, 1.807) is 21.3 Å². The SMILES string of the molecule is COc1cc(OC)c(OC)cc1CNCCCNCCCCNCCCN[C@@H]1CC[C@]2(C)C3CC[C@@]4(C)C(CC[C@@H]4[C@@H](C)CCCC(C)C)C3C(O)C[C@H]2C1. The van der Waals surface area contributed by atoms with Crippen LogP contribution >= 0.6 is 0 Å². The maximum Gasteiger partial charge on any atom is 0.164 e. The molecule has 8 nitrogen and oxygen atoms in total. The summed E-state index contributed by atoms with van der Waals surface area (Å²) >= 11 is 0. The van der Waals surface area contributed by atoms with Gasteiger partial charge in [-0.15, -0.1) is 0 Å². The van der Waals surface area contributed by atoms with E-state index in [0.29, 0.717) is 34.5 Å². The monoisotopic (exact) mass is 769 g/mol. The van der Waals surface area contributed by atoms with Gasteiger partial charge < -0.3 is 40.6 Å². The highest BCUT2D eigenvalue weighted by Crippen LogP contribution is 2.68. The number of hydrogen-bond donors (Lipinski definition) is 5. The number of benzene rings is 1. The molecule has 316 valence electrons. The van der Waals surface area contributed by atoms with Crippen LogP contribution in [0.2, 0.25) is 0 Å². The molecule has 0 radical (unpaired) electrons. The molecular formula is C47H84N4O4. The van der Waals surface area contributed by atoms with Crippen molar-refractivity contribution in [3.05, 3.63) is 17.7 Å². The molecule has 1 aromatic carbocycles. The largest absolute Gasteiger partial charge is 0.496 e. The lowest BCUT2D eigenvalue weighted by Gasteiger charge is -2.62. The Balaban J connectivity index is 0.899. The van der Waals surface area contributed by atoms with E-state index in [4.69, 9.17) is 14.2 Å². The van der Waals surface area contributed by atoms with Gasteiger partial charge in [0.2, 0.25) is 0 Å². The molecule has 0 heterocycles. The molecule has 4 aliphatic rings. The molecular weight excluding hydrogens is 685 g/mol. The van der Waals surface area contributed by atoms with Crippen LogP contribution in [0, 0.1) is 52.3 Å². The Morgan fingerprint density at radius 2 is 1.29 bits per heavy atom. The molecule has 0 amide bonds. The summed E-state index contributed by atoms with van der Waals surface area (Å²) in [5.41, 5.74) is 1.92. The molecule has 0 saturated heterocycles. The fourth-order valence-corrected chi connectivity index (χ4v) is 12.5. The Hall–Kier alpha value is -1.58. The standard InChI is InChI=1S/C47H84N4O4/c1-33(2)14-11-15-34(3)38-16-17-39-45-40(19-21-47(38,39)5)46(4)20-18-37(29-36(46)30-41(45)52)51-27-13-25-49-23-10-9-22-48-24-12-26-50-32-35-28-43(54-7)44(55-8)31-42(35)53-6/h28,31,33-34,36-41,45,48-52H,9-27,29-30,32H2,1-8H3/t34-,36+,37+,38+,39?,40?,41?,45?,46-,47+/m0/s1. The van der Waals surface area contributed by atoms with E-state index >= 15 is 0 Å². The van der Waals surface area contributed by atoms with Crippen molar-refractivity contribution in [2.24, 2.45) is 52.3 Å². The van der Waals surface area contributed by atoms with Crippen molar-refractivity contribution in [3.8, 4) is 17.2 Å². The number of fused-ring (bicyclic) bond motifs is 5. The van der Waals surface area contributed by atoms with Gasteiger partial charge in [0.25, 0.3) is 0 Å². The topological polar surface area (TPSA) is 96.0 Å². The molecule has 1 aromatic rings. The van der Waals surface area contributed by atoms with Gasteiger partial charge in [-0.3, -0.25) is 0 Å². The number of rotatable bonds is 24. The fourth-order valence-electron chi connectivity index (χ4n) is 12.5. The molecule has 0 spiro atoms. The van der Waals surface area contributed by atoms with Gasteiger partial charge in [0, 0.05) is 24.2 Å². The summed E-state index contributed by atoms with van der Waals surface area (Å²) in [5, 5.41) is 26.6. The van der Waals surface area contributed by atoms with Crippen LogP contribution in [0.25, 0.3) is 0 Å². The second kappa shape index (κ2) is 21.4. The van der Waals surface area contributed by atoms with Crippen LogP contribution in [0.1, 0.15) is 136 Å². The molecule has 4 aliphatic carbocycles. The summed E-state index contributed by atoms with van der Waals surface area (Å²) < 4.78 is 16.4. The number of nitrogens with one attached hydrogen (secondary N) is 4. The minimum atomic E-state index is -0.0934. The van der Waals surface area contributed by atoms with Crippen LogP contribution in [0.15, 0.2) is 12.1 Å². The van der Waals surface area contributed by atoms with Crippen LogP contribution in [0.4, 0.5) is 0 Å². The molecule has 4 unspecified atom stereocenters. The number of aliphatic hydroxyl groups is 1. The Morgan fingerprint density at radius 1 is 0.673 bits per heavy atom. The normalized spacial score (nSPS) is 32.1. The van der Waals surface area contributed by atoms with Crippen LogP contribution in [0.5, 0.6) is 17.2 Å². The van der Waals surface area contributed by atoms with Crippen molar-refractivity contribution in [1.82, 2.24) is 21.3 Å². The van der Waals surface area contributed by atoms with Crippen molar-refractivity contribution in [3.63, 3.8) is 0 Å². The maximum absolute atomic E-state index is 11.9. The summed E-state index contributed by atoms with van der Waals surface area (Å²) in [6.07, 6.45) is 19.2. The Morgan fingerprint density at radius 3 is 1.98 bits per heavy atom. The zero-order valence-corrected chi connectivity index (χ0v) is 36.6. The lowest BCUT2D eigenvalue weighted by atomic mass is 9.43. The van der Waals surface area contributed by atoms with E-state index in [2.05, 4.69) is 55.9 Å². The first kappa shape index (κ1) is 44.5. The van der Waals surface area contributed by atoms with Gasteiger partial charge in [-0.25, -0.2) is 0 Å². The molecule has 0 aliphatic heterocycles. The molecule has 8 heteroatoms. The quantitative estimate of drug-likeness (QED) is 0.0668. The molecule has 10 atom stereocenters. The first-order chi connectivity index (χ1) is 26.5. The van der Waals surface area contributed by atoms with Gasteiger partial charge in [-0.2, -0.15) is 0 Å². The van der Waals surface area contributed by atoms with Crippen molar-refractivity contribution >= 4 is 0 Å². The zero-order valence-electron chi connectivity index (χ0n) is 36.6. The number of hydrogen-bond acceptors (Lipinski definition) is 8. The van der Waals surface area contributed by atoms with E-state index in [1.807, 2.05) is 12.1 Å². The Bertz CT molecular complexity index is 1280. The molecule has 0 bridgehead atoms. The fraction of sp³-hybridized carbons (Fsp3) is 0.872. The zero-order chi connectivity index (χ0) is 39.4. The molecule has 4 fully saturated rings. The molecule has 55 heavy (non-hydrogen) atoms. The third-order valence-corrected chi connectivity index (χ3v) is 15.6. The number of ether oxygens (including phenoxy) is 3. The first-order valence-corrected chi connectivity index (χ1v) is 22.9. The highest BCUT2D eigenvalue weighted by Gasteiger charge is 2.62. The van der Waals surface area contributed by atoms with E-state index in [0.717, 1.165) is 105 Å². The predicted molar refractivity (Wildman–Crippen MR) is 228 cm³/mol.